The first kappa shape index (κ1) is 18.1. The quantitative estimate of drug-likeness (QED) is 0.804. The van der Waals surface area contributed by atoms with Crippen LogP contribution in [0.25, 0.3) is 0 Å². The van der Waals surface area contributed by atoms with Gasteiger partial charge in [-0.05, 0) is 31.9 Å². The summed E-state index contributed by atoms with van der Waals surface area (Å²) in [5.74, 6) is 0.152. The molecule has 0 saturated heterocycles. The Kier molecular flexibility index (Phi) is 6.78. The number of rotatable bonds is 7. The number of hydrogen-bond donors (Lipinski definition) is 2. The molecule has 0 aliphatic carbocycles. The maximum atomic E-state index is 12.1. The van der Waals surface area contributed by atoms with Crippen molar-refractivity contribution in [1.29, 1.82) is 0 Å². The Hall–Kier alpha value is -0.970. The number of nitrogens with one attached hydrogen (secondary N) is 1. The number of ether oxygens (including phenoxy) is 1. The first-order chi connectivity index (χ1) is 9.83. The second kappa shape index (κ2) is 7.87. The van der Waals surface area contributed by atoms with Crippen molar-refractivity contribution < 1.29 is 9.53 Å². The van der Waals surface area contributed by atoms with Gasteiger partial charge in [-0.3, -0.25) is 4.79 Å². The van der Waals surface area contributed by atoms with Gasteiger partial charge in [0.05, 0.1) is 5.02 Å². The lowest BCUT2D eigenvalue weighted by Gasteiger charge is -2.27. The van der Waals surface area contributed by atoms with E-state index in [0.717, 1.165) is 12.8 Å². The number of carbonyl (C=O) groups is 1. The summed E-state index contributed by atoms with van der Waals surface area (Å²) >= 11 is 11.9. The van der Waals surface area contributed by atoms with Gasteiger partial charge in [0.15, 0.2) is 6.10 Å². The average molecular weight is 333 g/mol. The van der Waals surface area contributed by atoms with Crippen LogP contribution in [0.3, 0.4) is 0 Å². The molecule has 3 N–H and O–H groups in total. The molecule has 0 aliphatic rings. The van der Waals surface area contributed by atoms with Crippen molar-refractivity contribution in [2.24, 2.45) is 5.73 Å². The summed E-state index contributed by atoms with van der Waals surface area (Å²) in [5, 5.41) is 3.50. The Balaban J connectivity index is 2.61. The first-order valence-electron chi connectivity index (χ1n) is 7.00. The zero-order valence-corrected chi connectivity index (χ0v) is 14.1. The molecule has 0 heterocycles. The Bertz CT molecular complexity index is 491. The minimum atomic E-state index is -0.682. The Morgan fingerprint density at radius 3 is 2.57 bits per heavy atom. The molecule has 118 valence electrons. The summed E-state index contributed by atoms with van der Waals surface area (Å²) in [7, 11) is 0. The zero-order chi connectivity index (χ0) is 16.0. The molecule has 0 spiro atoms. The standard InChI is InChI=1S/C15H22Cl2N2O2/c1-4-15(18,5-2)9-19-14(20)10(3)21-12-8-6-7-11(16)13(12)17/h6-8,10H,4-5,9,18H2,1-3H3,(H,19,20). The summed E-state index contributed by atoms with van der Waals surface area (Å²) in [6.07, 6.45) is 0.900. The number of amides is 1. The van der Waals surface area contributed by atoms with Crippen LogP contribution in [0.4, 0.5) is 0 Å². The van der Waals surface area contributed by atoms with Crippen LogP contribution < -0.4 is 15.8 Å². The molecule has 0 fully saturated rings. The maximum Gasteiger partial charge on any atom is 0.260 e. The smallest absolute Gasteiger partial charge is 0.260 e. The lowest BCUT2D eigenvalue weighted by molar-refractivity contribution is -0.127. The fourth-order valence-electron chi connectivity index (χ4n) is 1.73. The molecule has 1 atom stereocenters. The second-order valence-corrected chi connectivity index (χ2v) is 5.88. The van der Waals surface area contributed by atoms with Crippen LogP contribution >= 0.6 is 23.2 Å². The fourth-order valence-corrected chi connectivity index (χ4v) is 2.06. The molecule has 1 unspecified atom stereocenters. The molecule has 1 rings (SSSR count). The third-order valence-corrected chi connectivity index (χ3v) is 4.41. The Morgan fingerprint density at radius 2 is 2.00 bits per heavy atom. The predicted octanol–water partition coefficient (Wildman–Crippen LogP) is 3.39. The molecule has 0 aromatic heterocycles. The molecule has 21 heavy (non-hydrogen) atoms. The van der Waals surface area contributed by atoms with Crippen LogP contribution in [0, 0.1) is 0 Å². The van der Waals surface area contributed by atoms with Gasteiger partial charge >= 0.3 is 0 Å². The third kappa shape index (κ3) is 5.06. The number of carbonyl (C=O) groups excluding carboxylic acids is 1. The molecule has 1 aromatic carbocycles. The van der Waals surface area contributed by atoms with Crippen molar-refractivity contribution in [1.82, 2.24) is 5.32 Å². The summed E-state index contributed by atoms with van der Waals surface area (Å²) in [5.41, 5.74) is 5.76. The van der Waals surface area contributed by atoms with E-state index in [1.165, 1.54) is 0 Å². The molecule has 0 aliphatic heterocycles. The van der Waals surface area contributed by atoms with Gasteiger partial charge in [-0.15, -0.1) is 0 Å². The topological polar surface area (TPSA) is 64.3 Å². The molecule has 4 nitrogen and oxygen atoms in total. The van der Waals surface area contributed by atoms with E-state index in [1.54, 1.807) is 25.1 Å². The molecular formula is C15H22Cl2N2O2. The van der Waals surface area contributed by atoms with Crippen LogP contribution in [0.1, 0.15) is 33.6 Å². The van der Waals surface area contributed by atoms with Gasteiger partial charge in [0.25, 0.3) is 5.91 Å². The zero-order valence-electron chi connectivity index (χ0n) is 12.6. The van der Waals surface area contributed by atoms with E-state index in [9.17, 15) is 4.79 Å². The highest BCUT2D eigenvalue weighted by molar-refractivity contribution is 6.42. The molecule has 0 saturated carbocycles. The summed E-state index contributed by atoms with van der Waals surface area (Å²) in [6.45, 7) is 6.07. The van der Waals surface area contributed by atoms with Crippen molar-refractivity contribution in [3.8, 4) is 5.75 Å². The van der Waals surface area contributed by atoms with E-state index in [0.29, 0.717) is 22.3 Å². The normalized spacial score (nSPS) is 12.9. The minimum Gasteiger partial charge on any atom is -0.479 e. The Morgan fingerprint density at radius 1 is 1.38 bits per heavy atom. The van der Waals surface area contributed by atoms with Gasteiger partial charge in [0, 0.05) is 12.1 Å². The highest BCUT2D eigenvalue weighted by Gasteiger charge is 2.23. The summed E-state index contributed by atoms with van der Waals surface area (Å²) < 4.78 is 5.55. The van der Waals surface area contributed by atoms with Gasteiger partial charge in [0.1, 0.15) is 10.8 Å². The lowest BCUT2D eigenvalue weighted by Crippen LogP contribution is -2.51. The number of hydrogen-bond acceptors (Lipinski definition) is 3. The Labute approximate surface area is 135 Å². The fraction of sp³-hybridized carbons (Fsp3) is 0.533. The average Bonchev–Trinajstić information content (AvgIpc) is 2.49. The number of nitrogens with two attached hydrogens (primary N) is 1. The van der Waals surface area contributed by atoms with Crippen LogP contribution in [0.5, 0.6) is 5.75 Å². The largest absolute Gasteiger partial charge is 0.479 e. The summed E-state index contributed by atoms with van der Waals surface area (Å²) in [6, 6.07) is 5.04. The van der Waals surface area contributed by atoms with Crippen LogP contribution in [-0.4, -0.2) is 24.1 Å². The highest BCUT2D eigenvalue weighted by atomic mass is 35.5. The highest BCUT2D eigenvalue weighted by Crippen LogP contribution is 2.32. The van der Waals surface area contributed by atoms with E-state index in [4.69, 9.17) is 33.7 Å². The van der Waals surface area contributed by atoms with E-state index in [2.05, 4.69) is 5.32 Å². The van der Waals surface area contributed by atoms with E-state index < -0.39 is 6.10 Å². The van der Waals surface area contributed by atoms with Gasteiger partial charge in [0.2, 0.25) is 0 Å². The van der Waals surface area contributed by atoms with Crippen LogP contribution in [0.15, 0.2) is 18.2 Å². The minimum absolute atomic E-state index is 0.234. The van der Waals surface area contributed by atoms with Gasteiger partial charge < -0.3 is 15.8 Å². The van der Waals surface area contributed by atoms with Crippen molar-refractivity contribution in [3.63, 3.8) is 0 Å². The van der Waals surface area contributed by atoms with Crippen molar-refractivity contribution in [2.75, 3.05) is 6.54 Å². The molecule has 0 bridgehead atoms. The third-order valence-electron chi connectivity index (χ3n) is 3.61. The van der Waals surface area contributed by atoms with Crippen LogP contribution in [-0.2, 0) is 4.79 Å². The van der Waals surface area contributed by atoms with Crippen molar-refractivity contribution in [2.45, 2.75) is 45.3 Å². The monoisotopic (exact) mass is 332 g/mol. The van der Waals surface area contributed by atoms with Gasteiger partial charge in [-0.1, -0.05) is 43.1 Å². The number of benzene rings is 1. The van der Waals surface area contributed by atoms with E-state index in [1.807, 2.05) is 13.8 Å². The lowest BCUT2D eigenvalue weighted by atomic mass is 9.94. The van der Waals surface area contributed by atoms with Crippen LogP contribution in [0.2, 0.25) is 10.0 Å². The summed E-state index contributed by atoms with van der Waals surface area (Å²) in [4.78, 5) is 12.1. The van der Waals surface area contributed by atoms with E-state index >= 15 is 0 Å². The molecule has 6 heteroatoms. The SMILES string of the molecule is CCC(N)(CC)CNC(=O)C(C)Oc1cccc(Cl)c1Cl. The molecular weight excluding hydrogens is 311 g/mol. The molecule has 0 radical (unpaired) electrons. The number of halogens is 2. The van der Waals surface area contributed by atoms with Gasteiger partial charge in [-0.25, -0.2) is 0 Å². The van der Waals surface area contributed by atoms with Crippen molar-refractivity contribution in [3.05, 3.63) is 28.2 Å². The van der Waals surface area contributed by atoms with Gasteiger partial charge in [-0.2, -0.15) is 0 Å². The predicted molar refractivity (Wildman–Crippen MR) is 87.1 cm³/mol. The molecule has 1 amide bonds. The molecule has 1 aromatic rings. The van der Waals surface area contributed by atoms with E-state index in [-0.39, 0.29) is 11.4 Å². The maximum absolute atomic E-state index is 12.1. The van der Waals surface area contributed by atoms with Crippen molar-refractivity contribution >= 4 is 29.1 Å². The second-order valence-electron chi connectivity index (χ2n) is 5.10. The first-order valence-corrected chi connectivity index (χ1v) is 7.75.